The van der Waals surface area contributed by atoms with Crippen LogP contribution in [0.5, 0.6) is 0 Å². The Hall–Kier alpha value is -1.55. The van der Waals surface area contributed by atoms with E-state index in [0.29, 0.717) is 23.7 Å². The molecule has 1 N–H and O–H groups in total. The number of allylic oxidation sites excluding steroid dienone is 1. The Balaban J connectivity index is 1.53. The quantitative estimate of drug-likeness (QED) is 0.347. The molecule has 4 heteroatoms. The highest BCUT2D eigenvalue weighted by atomic mass is 19.3. The van der Waals surface area contributed by atoms with Crippen LogP contribution in [0.15, 0.2) is 42.8 Å². The van der Waals surface area contributed by atoms with Crippen LogP contribution in [-0.4, -0.2) is 11.2 Å². The zero-order chi connectivity index (χ0) is 22.2. The van der Waals surface area contributed by atoms with Crippen LogP contribution in [0.2, 0.25) is 0 Å². The first-order valence-electron chi connectivity index (χ1n) is 12.0. The molecule has 0 aliphatic heterocycles. The van der Waals surface area contributed by atoms with Gasteiger partial charge >= 0.3 is 6.08 Å². The van der Waals surface area contributed by atoms with Crippen LogP contribution in [0.1, 0.15) is 87.3 Å². The van der Waals surface area contributed by atoms with E-state index in [1.807, 2.05) is 0 Å². The molecule has 1 nitrogen and oxygen atoms in total. The minimum absolute atomic E-state index is 0.0264. The zero-order valence-electron chi connectivity index (χ0n) is 18.6. The second-order valence-corrected chi connectivity index (χ2v) is 10.4. The molecule has 0 spiro atoms. The second kappa shape index (κ2) is 8.77. The number of unbranched alkanes of at least 4 members (excludes halogenated alkanes) is 1. The molecule has 5 atom stereocenters. The van der Waals surface area contributed by atoms with Crippen molar-refractivity contribution in [2.75, 3.05) is 0 Å². The summed E-state index contributed by atoms with van der Waals surface area (Å²) in [5.74, 6) is -0.472. The summed E-state index contributed by atoms with van der Waals surface area (Å²) in [4.78, 5) is 0. The summed E-state index contributed by atoms with van der Waals surface area (Å²) in [5, 5.41) is 9.58. The lowest BCUT2D eigenvalue weighted by atomic mass is 9.47. The lowest BCUT2D eigenvalue weighted by Gasteiger charge is -2.57. The van der Waals surface area contributed by atoms with E-state index in [0.717, 1.165) is 19.3 Å². The van der Waals surface area contributed by atoms with Crippen LogP contribution >= 0.6 is 0 Å². The van der Waals surface area contributed by atoms with Gasteiger partial charge in [-0.05, 0) is 97.1 Å². The fourth-order valence-corrected chi connectivity index (χ4v) is 7.39. The van der Waals surface area contributed by atoms with Crippen molar-refractivity contribution in [3.63, 3.8) is 0 Å². The molecule has 0 aromatic heterocycles. The molecule has 0 radical (unpaired) electrons. The van der Waals surface area contributed by atoms with Gasteiger partial charge in [0.1, 0.15) is 6.10 Å². The van der Waals surface area contributed by atoms with Crippen LogP contribution in [0.25, 0.3) is 0 Å². The molecule has 3 aliphatic rings. The molecule has 0 bridgehead atoms. The molecule has 170 valence electrons. The van der Waals surface area contributed by atoms with Crippen molar-refractivity contribution in [1.82, 2.24) is 0 Å². The highest BCUT2D eigenvalue weighted by Crippen LogP contribution is 2.67. The van der Waals surface area contributed by atoms with Crippen molar-refractivity contribution in [1.29, 1.82) is 0 Å². The van der Waals surface area contributed by atoms with E-state index in [1.54, 1.807) is 0 Å². The number of fused-ring (bicyclic) bond motifs is 5. The van der Waals surface area contributed by atoms with Crippen LogP contribution in [0, 0.1) is 16.7 Å². The number of aliphatic hydroxyl groups excluding tert-OH is 1. The van der Waals surface area contributed by atoms with E-state index in [1.165, 1.54) is 55.2 Å². The van der Waals surface area contributed by atoms with Crippen LogP contribution in [-0.2, 0) is 12.8 Å². The van der Waals surface area contributed by atoms with E-state index in [4.69, 9.17) is 0 Å². The van der Waals surface area contributed by atoms with Crippen molar-refractivity contribution in [2.24, 2.45) is 16.7 Å². The van der Waals surface area contributed by atoms with Gasteiger partial charge in [-0.25, -0.2) is 4.39 Å². The molecule has 0 heterocycles. The van der Waals surface area contributed by atoms with Gasteiger partial charge in [0.15, 0.2) is 5.83 Å². The smallest absolute Gasteiger partial charge is 0.304 e. The fourth-order valence-electron chi connectivity index (χ4n) is 7.39. The Bertz CT molecular complexity index is 858. The van der Waals surface area contributed by atoms with Crippen molar-refractivity contribution >= 4 is 0 Å². The van der Waals surface area contributed by atoms with Gasteiger partial charge in [-0.2, -0.15) is 8.78 Å². The summed E-state index contributed by atoms with van der Waals surface area (Å²) in [7, 11) is 0. The second-order valence-electron chi connectivity index (χ2n) is 10.4. The summed E-state index contributed by atoms with van der Waals surface area (Å²) in [6, 6.07) is 6.61. The van der Waals surface area contributed by atoms with Crippen LogP contribution < -0.4 is 0 Å². The minimum atomic E-state index is -2.42. The van der Waals surface area contributed by atoms with Crippen molar-refractivity contribution in [3.05, 3.63) is 59.5 Å². The zero-order valence-corrected chi connectivity index (χ0v) is 18.6. The third kappa shape index (κ3) is 3.90. The molecule has 2 saturated carbocycles. The van der Waals surface area contributed by atoms with Crippen LogP contribution in [0.3, 0.4) is 0 Å². The summed E-state index contributed by atoms with van der Waals surface area (Å²) in [6.07, 6.45) is 9.03. The van der Waals surface area contributed by atoms with Gasteiger partial charge in [-0.15, -0.1) is 6.58 Å². The average molecular weight is 433 g/mol. The third-order valence-corrected chi connectivity index (χ3v) is 8.87. The molecule has 1 aromatic rings. The Morgan fingerprint density at radius 1 is 1.19 bits per heavy atom. The maximum Gasteiger partial charge on any atom is 0.304 e. The molecule has 0 amide bonds. The van der Waals surface area contributed by atoms with E-state index < -0.39 is 18.0 Å². The molecule has 1 aromatic carbocycles. The number of aliphatic hydroxyl groups is 1. The summed E-state index contributed by atoms with van der Waals surface area (Å²) in [6.45, 7) is 6.84. The molecule has 0 saturated heterocycles. The van der Waals surface area contributed by atoms with Gasteiger partial charge in [0.05, 0.1) is 0 Å². The molecule has 2 fully saturated rings. The monoisotopic (exact) mass is 432 g/mol. The average Bonchev–Trinajstić information content (AvgIpc) is 3.17. The first kappa shape index (κ1) is 22.6. The Labute approximate surface area is 184 Å². The molecular formula is C27H35F3O. The number of rotatable bonds is 7. The SMILES string of the molecule is C=C[C@@]12CCc3cccc(CCCCC(O)C(F)=C(F)F)c3[C@H]1CC[C@]1(C)CCC[C@H]12. The van der Waals surface area contributed by atoms with Gasteiger partial charge < -0.3 is 5.11 Å². The largest absolute Gasteiger partial charge is 0.386 e. The van der Waals surface area contributed by atoms with Gasteiger partial charge in [0, 0.05) is 0 Å². The van der Waals surface area contributed by atoms with Crippen molar-refractivity contribution in [2.45, 2.75) is 89.6 Å². The predicted molar refractivity (Wildman–Crippen MR) is 119 cm³/mol. The maximum atomic E-state index is 13.2. The lowest BCUT2D eigenvalue weighted by molar-refractivity contribution is 0.00428. The topological polar surface area (TPSA) is 20.2 Å². The van der Waals surface area contributed by atoms with E-state index in [-0.39, 0.29) is 11.8 Å². The van der Waals surface area contributed by atoms with Gasteiger partial charge in [0.25, 0.3) is 0 Å². The standard InChI is InChI=1S/C27H35F3O/c1-3-27-17-13-19-10-6-9-18(8-4-5-11-21(31)24(28)25(29)30)23(19)20(27)14-16-26(2)15-7-12-22(26)27/h3,6,9-10,20-22,31H,1,4-5,7-8,11-17H2,2H3/t20-,21?,22-,26+,27-/m1/s1. The van der Waals surface area contributed by atoms with E-state index in [9.17, 15) is 18.3 Å². The maximum absolute atomic E-state index is 13.2. The number of hydrogen-bond donors (Lipinski definition) is 1. The minimum Gasteiger partial charge on any atom is -0.386 e. The summed E-state index contributed by atoms with van der Waals surface area (Å²) >= 11 is 0. The predicted octanol–water partition coefficient (Wildman–Crippen LogP) is 7.64. The Morgan fingerprint density at radius 2 is 2.00 bits per heavy atom. The summed E-state index contributed by atoms with van der Waals surface area (Å²) < 4.78 is 37.8. The molecule has 3 aliphatic carbocycles. The van der Waals surface area contributed by atoms with Gasteiger partial charge in [0.2, 0.25) is 0 Å². The highest BCUT2D eigenvalue weighted by Gasteiger charge is 2.57. The number of benzene rings is 1. The number of halogens is 3. The van der Waals surface area contributed by atoms with Gasteiger partial charge in [-0.3, -0.25) is 0 Å². The molecule has 4 rings (SSSR count). The first-order chi connectivity index (χ1) is 14.8. The highest BCUT2D eigenvalue weighted by molar-refractivity contribution is 5.44. The van der Waals surface area contributed by atoms with Crippen molar-refractivity contribution in [3.8, 4) is 0 Å². The van der Waals surface area contributed by atoms with Crippen LogP contribution in [0.4, 0.5) is 13.2 Å². The normalized spacial score (nSPS) is 32.5. The van der Waals surface area contributed by atoms with Gasteiger partial charge in [-0.1, -0.05) is 44.0 Å². The summed E-state index contributed by atoms with van der Waals surface area (Å²) in [5.41, 5.74) is 4.92. The molecular weight excluding hydrogens is 397 g/mol. The Kier molecular flexibility index (Phi) is 6.40. The van der Waals surface area contributed by atoms with E-state index in [2.05, 4.69) is 37.8 Å². The fraction of sp³-hybridized carbons (Fsp3) is 0.630. The first-order valence-corrected chi connectivity index (χ1v) is 12.0. The third-order valence-electron chi connectivity index (χ3n) is 8.87. The van der Waals surface area contributed by atoms with E-state index >= 15 is 0 Å². The lowest BCUT2D eigenvalue weighted by Crippen LogP contribution is -2.48. The number of aryl methyl sites for hydroxylation is 2. The van der Waals surface area contributed by atoms with Crippen molar-refractivity contribution < 1.29 is 18.3 Å². The molecule has 31 heavy (non-hydrogen) atoms. The Morgan fingerprint density at radius 3 is 2.74 bits per heavy atom. The number of hydrogen-bond acceptors (Lipinski definition) is 1. The molecule has 1 unspecified atom stereocenters.